The second-order valence-corrected chi connectivity index (χ2v) is 4.68. The Hall–Kier alpha value is -2.20. The molecular weight excluding hydrogens is 256 g/mol. The molecule has 0 unspecified atom stereocenters. The molecule has 0 fully saturated rings. The van der Waals surface area contributed by atoms with Gasteiger partial charge in [0.25, 0.3) is 5.91 Å². The van der Waals surface area contributed by atoms with Crippen LogP contribution in [-0.2, 0) is 6.42 Å². The number of nitrogens with two attached hydrogens (primary N) is 1. The number of nitrogens with one attached hydrogen (secondary N) is 1. The van der Waals surface area contributed by atoms with Crippen LogP contribution in [0.2, 0.25) is 0 Å². The van der Waals surface area contributed by atoms with Crippen molar-refractivity contribution < 1.29 is 4.79 Å². The van der Waals surface area contributed by atoms with E-state index in [2.05, 4.69) is 5.32 Å². The van der Waals surface area contributed by atoms with Gasteiger partial charge in [-0.15, -0.1) is 0 Å². The van der Waals surface area contributed by atoms with Crippen LogP contribution in [-0.4, -0.2) is 10.9 Å². The van der Waals surface area contributed by atoms with E-state index in [9.17, 15) is 4.79 Å². The molecule has 0 saturated heterocycles. The second-order valence-electron chi connectivity index (χ2n) is 4.16. The van der Waals surface area contributed by atoms with E-state index in [1.54, 1.807) is 12.1 Å². The highest BCUT2D eigenvalue weighted by Crippen LogP contribution is 2.12. The Kier molecular flexibility index (Phi) is 4.26. The maximum absolute atomic E-state index is 11.9. The zero-order chi connectivity index (χ0) is 13.7. The van der Waals surface area contributed by atoms with Crippen LogP contribution in [0.1, 0.15) is 15.9 Å². The SMILES string of the molecule is NC(=S)Cc1ccc(NC(=O)c2ccccc2)cc1. The van der Waals surface area contributed by atoms with Crippen molar-refractivity contribution in [3.63, 3.8) is 0 Å². The van der Waals surface area contributed by atoms with E-state index >= 15 is 0 Å². The number of thiocarbonyl (C=S) groups is 1. The Bertz CT molecular complexity index is 579. The fourth-order valence-corrected chi connectivity index (χ4v) is 1.87. The summed E-state index contributed by atoms with van der Waals surface area (Å²) in [7, 11) is 0. The van der Waals surface area contributed by atoms with Gasteiger partial charge in [-0.25, -0.2) is 0 Å². The molecule has 1 amide bonds. The number of carbonyl (C=O) groups excluding carboxylic acids is 1. The molecule has 4 heteroatoms. The van der Waals surface area contributed by atoms with Crippen LogP contribution >= 0.6 is 12.2 Å². The van der Waals surface area contributed by atoms with Crippen LogP contribution in [0.3, 0.4) is 0 Å². The lowest BCUT2D eigenvalue weighted by Crippen LogP contribution is -2.12. The average molecular weight is 270 g/mol. The third kappa shape index (κ3) is 3.89. The number of carbonyl (C=O) groups is 1. The van der Waals surface area contributed by atoms with E-state index < -0.39 is 0 Å². The topological polar surface area (TPSA) is 55.1 Å². The fraction of sp³-hybridized carbons (Fsp3) is 0.0667. The minimum absolute atomic E-state index is 0.123. The molecule has 2 aromatic carbocycles. The largest absolute Gasteiger partial charge is 0.393 e. The Morgan fingerprint density at radius 2 is 1.68 bits per heavy atom. The summed E-state index contributed by atoms with van der Waals surface area (Å²) >= 11 is 4.85. The highest BCUT2D eigenvalue weighted by Gasteiger charge is 2.04. The van der Waals surface area contributed by atoms with Gasteiger partial charge in [0, 0.05) is 17.7 Å². The molecule has 0 spiro atoms. The van der Waals surface area contributed by atoms with Crippen LogP contribution in [0, 0.1) is 0 Å². The van der Waals surface area contributed by atoms with Crippen molar-refractivity contribution in [3.05, 3.63) is 65.7 Å². The molecule has 0 aliphatic rings. The zero-order valence-electron chi connectivity index (χ0n) is 10.3. The van der Waals surface area contributed by atoms with Crippen LogP contribution in [0.4, 0.5) is 5.69 Å². The van der Waals surface area contributed by atoms with E-state index in [0.29, 0.717) is 17.0 Å². The van der Waals surface area contributed by atoms with E-state index in [4.69, 9.17) is 18.0 Å². The van der Waals surface area contributed by atoms with Gasteiger partial charge in [0.05, 0.1) is 4.99 Å². The molecule has 0 aromatic heterocycles. The molecule has 96 valence electrons. The Labute approximate surface area is 117 Å². The maximum atomic E-state index is 11.9. The third-order valence-electron chi connectivity index (χ3n) is 2.63. The maximum Gasteiger partial charge on any atom is 0.255 e. The third-order valence-corrected chi connectivity index (χ3v) is 2.77. The molecule has 19 heavy (non-hydrogen) atoms. The number of anilines is 1. The van der Waals surface area contributed by atoms with Crippen LogP contribution in [0.25, 0.3) is 0 Å². The van der Waals surface area contributed by atoms with E-state index in [1.807, 2.05) is 42.5 Å². The molecule has 0 heterocycles. The second kappa shape index (κ2) is 6.11. The molecule has 3 N–H and O–H groups in total. The van der Waals surface area contributed by atoms with Crippen LogP contribution < -0.4 is 11.1 Å². The summed E-state index contributed by atoms with van der Waals surface area (Å²) in [5.74, 6) is -0.123. The summed E-state index contributed by atoms with van der Waals surface area (Å²) in [4.78, 5) is 12.4. The van der Waals surface area contributed by atoms with E-state index in [-0.39, 0.29) is 5.91 Å². The average Bonchev–Trinajstić information content (AvgIpc) is 2.41. The van der Waals surface area contributed by atoms with Crippen molar-refractivity contribution in [2.75, 3.05) is 5.32 Å². The van der Waals surface area contributed by atoms with Gasteiger partial charge in [0.15, 0.2) is 0 Å². The van der Waals surface area contributed by atoms with Gasteiger partial charge in [0.1, 0.15) is 0 Å². The minimum atomic E-state index is -0.123. The summed E-state index contributed by atoms with van der Waals surface area (Å²) < 4.78 is 0. The first-order valence-corrected chi connectivity index (χ1v) is 6.29. The first kappa shape index (κ1) is 13.2. The number of amides is 1. The van der Waals surface area contributed by atoms with E-state index in [1.165, 1.54) is 0 Å². The highest BCUT2D eigenvalue weighted by atomic mass is 32.1. The standard InChI is InChI=1S/C15H14N2OS/c16-14(19)10-11-6-8-13(9-7-11)17-15(18)12-4-2-1-3-5-12/h1-9H,10H2,(H2,16,19)(H,17,18). The molecule has 0 aliphatic carbocycles. The number of hydrogen-bond acceptors (Lipinski definition) is 2. The Morgan fingerprint density at radius 1 is 1.05 bits per heavy atom. The predicted molar refractivity (Wildman–Crippen MR) is 81.3 cm³/mol. The lowest BCUT2D eigenvalue weighted by atomic mass is 10.1. The monoisotopic (exact) mass is 270 g/mol. The fourth-order valence-electron chi connectivity index (χ4n) is 1.70. The molecule has 0 saturated carbocycles. The molecule has 0 bridgehead atoms. The van der Waals surface area contributed by atoms with Gasteiger partial charge < -0.3 is 11.1 Å². The quantitative estimate of drug-likeness (QED) is 0.840. The summed E-state index contributed by atoms with van der Waals surface area (Å²) in [5.41, 5.74) is 7.90. The van der Waals surface area contributed by atoms with Crippen molar-refractivity contribution in [1.29, 1.82) is 0 Å². The van der Waals surface area contributed by atoms with Gasteiger partial charge in [-0.1, -0.05) is 42.5 Å². The molecule has 0 radical (unpaired) electrons. The van der Waals surface area contributed by atoms with Crippen molar-refractivity contribution in [2.24, 2.45) is 5.73 Å². The molecule has 3 nitrogen and oxygen atoms in total. The Balaban J connectivity index is 2.04. The zero-order valence-corrected chi connectivity index (χ0v) is 11.1. The lowest BCUT2D eigenvalue weighted by Gasteiger charge is -2.06. The van der Waals surface area contributed by atoms with Gasteiger partial charge in [0.2, 0.25) is 0 Å². The number of rotatable bonds is 4. The minimum Gasteiger partial charge on any atom is -0.393 e. The van der Waals surface area contributed by atoms with Gasteiger partial charge >= 0.3 is 0 Å². The first-order chi connectivity index (χ1) is 9.15. The van der Waals surface area contributed by atoms with Gasteiger partial charge in [-0.05, 0) is 29.8 Å². The van der Waals surface area contributed by atoms with Gasteiger partial charge in [-0.2, -0.15) is 0 Å². The van der Waals surface area contributed by atoms with Crippen molar-refractivity contribution in [2.45, 2.75) is 6.42 Å². The van der Waals surface area contributed by atoms with Crippen LogP contribution in [0.15, 0.2) is 54.6 Å². The number of hydrogen-bond donors (Lipinski definition) is 2. The summed E-state index contributed by atoms with van der Waals surface area (Å²) in [6.07, 6.45) is 0.572. The van der Waals surface area contributed by atoms with E-state index in [0.717, 1.165) is 11.3 Å². The molecule has 0 atom stereocenters. The van der Waals surface area contributed by atoms with Crippen LogP contribution in [0.5, 0.6) is 0 Å². The molecular formula is C15H14N2OS. The van der Waals surface area contributed by atoms with Crippen molar-refractivity contribution >= 4 is 28.8 Å². The molecule has 2 aromatic rings. The molecule has 0 aliphatic heterocycles. The van der Waals surface area contributed by atoms with Crippen molar-refractivity contribution in [1.82, 2.24) is 0 Å². The summed E-state index contributed by atoms with van der Waals surface area (Å²) in [6, 6.07) is 16.6. The highest BCUT2D eigenvalue weighted by molar-refractivity contribution is 7.80. The Morgan fingerprint density at radius 3 is 2.26 bits per heavy atom. The first-order valence-electron chi connectivity index (χ1n) is 5.89. The predicted octanol–water partition coefficient (Wildman–Crippen LogP) is 2.77. The lowest BCUT2D eigenvalue weighted by molar-refractivity contribution is 0.102. The van der Waals surface area contributed by atoms with Gasteiger partial charge in [-0.3, -0.25) is 4.79 Å². The molecule has 2 rings (SSSR count). The summed E-state index contributed by atoms with van der Waals surface area (Å²) in [5, 5.41) is 2.84. The van der Waals surface area contributed by atoms with Crippen molar-refractivity contribution in [3.8, 4) is 0 Å². The number of benzene rings is 2. The summed E-state index contributed by atoms with van der Waals surface area (Å²) in [6.45, 7) is 0. The smallest absolute Gasteiger partial charge is 0.255 e. The normalized spacial score (nSPS) is 9.89.